The molecule has 1 saturated heterocycles. The van der Waals surface area contributed by atoms with Crippen LogP contribution in [0.25, 0.3) is 0 Å². The molecule has 18 heavy (non-hydrogen) atoms. The highest BCUT2D eigenvalue weighted by atomic mass is 35.5. The lowest BCUT2D eigenvalue weighted by Gasteiger charge is -2.19. The van der Waals surface area contributed by atoms with Crippen molar-refractivity contribution < 1.29 is 4.74 Å². The fourth-order valence-electron chi connectivity index (χ4n) is 2.35. The monoisotopic (exact) mass is 269 g/mol. The summed E-state index contributed by atoms with van der Waals surface area (Å²) in [6, 6.07) is 0.642. The minimum Gasteiger partial charge on any atom is -0.477 e. The zero-order valence-corrected chi connectivity index (χ0v) is 12.0. The van der Waals surface area contributed by atoms with Crippen LogP contribution in [0.5, 0.6) is 5.88 Å². The average molecular weight is 270 g/mol. The van der Waals surface area contributed by atoms with Gasteiger partial charge in [-0.25, -0.2) is 4.98 Å². The van der Waals surface area contributed by atoms with Crippen molar-refractivity contribution in [1.82, 2.24) is 14.9 Å². The summed E-state index contributed by atoms with van der Waals surface area (Å²) in [5.41, 5.74) is 0.821. The molecule has 100 valence electrons. The Morgan fingerprint density at radius 3 is 2.83 bits per heavy atom. The van der Waals surface area contributed by atoms with Gasteiger partial charge in [-0.1, -0.05) is 11.6 Å². The molecule has 1 unspecified atom stereocenters. The first-order valence-corrected chi connectivity index (χ1v) is 6.79. The SMILES string of the molecule is Cc1nc(Cl)c(C)c(OCCC2CCCN2C)n1. The molecule has 0 aliphatic carbocycles. The van der Waals surface area contributed by atoms with E-state index in [1.165, 1.54) is 19.4 Å². The van der Waals surface area contributed by atoms with Crippen molar-refractivity contribution in [2.24, 2.45) is 0 Å². The van der Waals surface area contributed by atoms with Crippen LogP contribution in [-0.4, -0.2) is 41.1 Å². The van der Waals surface area contributed by atoms with Gasteiger partial charge >= 0.3 is 0 Å². The molecule has 1 aliphatic rings. The maximum absolute atomic E-state index is 6.01. The first kappa shape index (κ1) is 13.6. The highest BCUT2D eigenvalue weighted by molar-refractivity contribution is 6.30. The van der Waals surface area contributed by atoms with Gasteiger partial charge in [0, 0.05) is 11.6 Å². The van der Waals surface area contributed by atoms with Crippen LogP contribution in [-0.2, 0) is 0 Å². The number of aromatic nitrogens is 2. The summed E-state index contributed by atoms with van der Waals surface area (Å²) in [6.07, 6.45) is 3.59. The average Bonchev–Trinajstić information content (AvgIpc) is 2.71. The Hall–Kier alpha value is -0.870. The van der Waals surface area contributed by atoms with Crippen LogP contribution >= 0.6 is 11.6 Å². The molecule has 0 spiro atoms. The first-order chi connectivity index (χ1) is 8.58. The van der Waals surface area contributed by atoms with E-state index in [1.807, 2.05) is 13.8 Å². The maximum Gasteiger partial charge on any atom is 0.221 e. The van der Waals surface area contributed by atoms with E-state index in [1.54, 1.807) is 0 Å². The third-order valence-electron chi connectivity index (χ3n) is 3.51. The van der Waals surface area contributed by atoms with Crippen molar-refractivity contribution in [3.63, 3.8) is 0 Å². The number of nitrogens with zero attached hydrogens (tertiary/aromatic N) is 3. The van der Waals surface area contributed by atoms with Crippen LogP contribution in [0, 0.1) is 13.8 Å². The second-order valence-electron chi connectivity index (χ2n) is 4.91. The van der Waals surface area contributed by atoms with E-state index < -0.39 is 0 Å². The lowest BCUT2D eigenvalue weighted by Crippen LogP contribution is -2.26. The lowest BCUT2D eigenvalue weighted by molar-refractivity contribution is 0.227. The Bertz CT molecular complexity index is 425. The van der Waals surface area contributed by atoms with Gasteiger partial charge in [-0.15, -0.1) is 0 Å². The zero-order valence-electron chi connectivity index (χ0n) is 11.2. The molecule has 0 N–H and O–H groups in total. The van der Waals surface area contributed by atoms with E-state index in [-0.39, 0.29) is 0 Å². The van der Waals surface area contributed by atoms with E-state index in [4.69, 9.17) is 16.3 Å². The minimum absolute atomic E-state index is 0.482. The topological polar surface area (TPSA) is 38.2 Å². The number of halogens is 1. The van der Waals surface area contributed by atoms with Gasteiger partial charge < -0.3 is 9.64 Å². The van der Waals surface area contributed by atoms with Gasteiger partial charge in [0.15, 0.2) is 0 Å². The van der Waals surface area contributed by atoms with Crippen molar-refractivity contribution in [2.75, 3.05) is 20.2 Å². The van der Waals surface area contributed by atoms with Crippen LogP contribution in [0.1, 0.15) is 30.7 Å². The third-order valence-corrected chi connectivity index (χ3v) is 3.88. The standard InChI is InChI=1S/C13H20ClN3O/c1-9-12(14)15-10(2)16-13(9)18-8-6-11-5-4-7-17(11)3/h11H,4-8H2,1-3H3. The Balaban J connectivity index is 1.90. The molecule has 2 rings (SSSR count). The molecule has 0 aromatic carbocycles. The smallest absolute Gasteiger partial charge is 0.221 e. The van der Waals surface area contributed by atoms with E-state index in [0.29, 0.717) is 29.5 Å². The lowest BCUT2D eigenvalue weighted by atomic mass is 10.1. The molecule has 1 aliphatic heterocycles. The summed E-state index contributed by atoms with van der Waals surface area (Å²) in [4.78, 5) is 10.8. The van der Waals surface area contributed by atoms with E-state index in [0.717, 1.165) is 12.0 Å². The highest BCUT2D eigenvalue weighted by Gasteiger charge is 2.20. The van der Waals surface area contributed by atoms with Gasteiger partial charge in [-0.3, -0.25) is 0 Å². The second kappa shape index (κ2) is 5.85. The molecule has 0 bridgehead atoms. The summed E-state index contributed by atoms with van der Waals surface area (Å²) in [6.45, 7) is 5.59. The van der Waals surface area contributed by atoms with Gasteiger partial charge in [0.25, 0.3) is 0 Å². The van der Waals surface area contributed by atoms with Crippen LogP contribution in [0.15, 0.2) is 0 Å². The van der Waals surface area contributed by atoms with Crippen LogP contribution in [0.2, 0.25) is 5.15 Å². The molecule has 4 nitrogen and oxygen atoms in total. The molecule has 1 fully saturated rings. The maximum atomic E-state index is 6.01. The normalized spacial score (nSPS) is 20.3. The fraction of sp³-hybridized carbons (Fsp3) is 0.692. The largest absolute Gasteiger partial charge is 0.477 e. The molecule has 5 heteroatoms. The first-order valence-electron chi connectivity index (χ1n) is 6.41. The van der Waals surface area contributed by atoms with Gasteiger partial charge in [-0.2, -0.15) is 4.98 Å². The Morgan fingerprint density at radius 1 is 1.39 bits per heavy atom. The van der Waals surface area contributed by atoms with Crippen molar-refractivity contribution in [3.8, 4) is 5.88 Å². The predicted molar refractivity (Wildman–Crippen MR) is 72.3 cm³/mol. The Labute approximate surface area is 113 Å². The fourth-order valence-corrected chi connectivity index (χ4v) is 2.55. The third kappa shape index (κ3) is 3.12. The van der Waals surface area contributed by atoms with Crippen molar-refractivity contribution in [2.45, 2.75) is 39.2 Å². The van der Waals surface area contributed by atoms with E-state index in [2.05, 4.69) is 21.9 Å². The van der Waals surface area contributed by atoms with Gasteiger partial charge in [-0.05, 0) is 46.7 Å². The van der Waals surface area contributed by atoms with E-state index in [9.17, 15) is 0 Å². The summed E-state index contributed by atoms with van der Waals surface area (Å²) < 4.78 is 5.75. The number of hydrogen-bond donors (Lipinski definition) is 0. The zero-order chi connectivity index (χ0) is 13.1. The molecule has 0 radical (unpaired) electrons. The Kier molecular flexibility index (Phi) is 4.40. The van der Waals surface area contributed by atoms with Crippen molar-refractivity contribution in [3.05, 3.63) is 16.5 Å². The molecule has 0 amide bonds. The van der Waals surface area contributed by atoms with Gasteiger partial charge in [0.2, 0.25) is 5.88 Å². The van der Waals surface area contributed by atoms with Gasteiger partial charge in [0.1, 0.15) is 11.0 Å². The Morgan fingerprint density at radius 2 is 2.17 bits per heavy atom. The molecule has 0 saturated carbocycles. The molecule has 1 atom stereocenters. The van der Waals surface area contributed by atoms with Gasteiger partial charge in [0.05, 0.1) is 6.61 Å². The van der Waals surface area contributed by atoms with Crippen LogP contribution in [0.3, 0.4) is 0 Å². The predicted octanol–water partition coefficient (Wildman–Crippen LogP) is 2.61. The summed E-state index contributed by atoms with van der Waals surface area (Å²) in [5, 5.41) is 0.482. The molecule has 2 heterocycles. The van der Waals surface area contributed by atoms with E-state index >= 15 is 0 Å². The van der Waals surface area contributed by atoms with Crippen LogP contribution < -0.4 is 4.74 Å². The number of likely N-dealkylation sites (tertiary alicyclic amines) is 1. The summed E-state index contributed by atoms with van der Waals surface area (Å²) in [7, 11) is 2.18. The molecule has 1 aromatic rings. The van der Waals surface area contributed by atoms with Crippen molar-refractivity contribution in [1.29, 1.82) is 0 Å². The van der Waals surface area contributed by atoms with Crippen molar-refractivity contribution >= 4 is 11.6 Å². The summed E-state index contributed by atoms with van der Waals surface area (Å²) >= 11 is 6.01. The quantitative estimate of drug-likeness (QED) is 0.788. The second-order valence-corrected chi connectivity index (χ2v) is 5.26. The molecular weight excluding hydrogens is 250 g/mol. The number of rotatable bonds is 4. The molecule has 1 aromatic heterocycles. The minimum atomic E-state index is 0.482. The number of ether oxygens (including phenoxy) is 1. The van der Waals surface area contributed by atoms with Crippen LogP contribution in [0.4, 0.5) is 0 Å². The molecular formula is C13H20ClN3O. The highest BCUT2D eigenvalue weighted by Crippen LogP contribution is 2.23. The number of aryl methyl sites for hydroxylation is 1. The number of hydrogen-bond acceptors (Lipinski definition) is 4. The summed E-state index contributed by atoms with van der Waals surface area (Å²) in [5.74, 6) is 1.27.